The van der Waals surface area contributed by atoms with E-state index in [9.17, 15) is 0 Å². The normalized spacial score (nSPS) is 19.3. The minimum atomic E-state index is 0.463. The van der Waals surface area contributed by atoms with Crippen LogP contribution in [0.2, 0.25) is 0 Å². The molecule has 1 unspecified atom stereocenters. The number of rotatable bonds is 10. The van der Waals surface area contributed by atoms with Crippen molar-refractivity contribution in [2.24, 2.45) is 11.8 Å². The lowest BCUT2D eigenvalue weighted by Crippen LogP contribution is -2.33. The molecule has 1 aromatic carbocycles. The summed E-state index contributed by atoms with van der Waals surface area (Å²) < 4.78 is 17.7. The van der Waals surface area contributed by atoms with Gasteiger partial charge in [0.1, 0.15) is 16.7 Å². The Balaban J connectivity index is 1.18. The highest BCUT2D eigenvalue weighted by Gasteiger charge is 2.23. The lowest BCUT2D eigenvalue weighted by molar-refractivity contribution is 0.166. The van der Waals surface area contributed by atoms with E-state index in [0.29, 0.717) is 18.4 Å². The van der Waals surface area contributed by atoms with Gasteiger partial charge in [-0.2, -0.15) is 5.26 Å². The smallest absolute Gasteiger partial charge is 0.175 e. The van der Waals surface area contributed by atoms with Gasteiger partial charge in [0.05, 0.1) is 24.5 Å². The van der Waals surface area contributed by atoms with Gasteiger partial charge in [-0.3, -0.25) is 4.90 Å². The first-order chi connectivity index (χ1) is 17.6. The number of likely N-dealkylation sites (tertiary alicyclic amines) is 1. The van der Waals surface area contributed by atoms with E-state index in [0.717, 1.165) is 91.5 Å². The molecule has 0 N–H and O–H groups in total. The minimum Gasteiger partial charge on any atom is -0.493 e. The average molecular weight is 509 g/mol. The van der Waals surface area contributed by atoms with Crippen molar-refractivity contribution in [3.63, 3.8) is 0 Å². The monoisotopic (exact) mass is 508 g/mol. The average Bonchev–Trinajstić information content (AvgIpc) is 3.64. The Morgan fingerprint density at radius 2 is 2.03 bits per heavy atom. The zero-order valence-corrected chi connectivity index (χ0v) is 22.2. The molecule has 0 radical (unpaired) electrons. The van der Waals surface area contributed by atoms with E-state index in [4.69, 9.17) is 19.3 Å². The van der Waals surface area contributed by atoms with E-state index in [1.807, 2.05) is 6.07 Å². The molecule has 2 aliphatic heterocycles. The first kappa shape index (κ1) is 25.2. The van der Waals surface area contributed by atoms with Crippen molar-refractivity contribution in [1.82, 2.24) is 15.0 Å². The maximum absolute atomic E-state index is 9.05. The number of fused-ring (bicyclic) bond motifs is 1. The van der Waals surface area contributed by atoms with Crippen molar-refractivity contribution in [2.45, 2.75) is 45.2 Å². The number of nitrogens with zero attached hydrogens (tertiary/aromatic N) is 4. The summed E-state index contributed by atoms with van der Waals surface area (Å²) in [6, 6.07) is 10.5. The van der Waals surface area contributed by atoms with Gasteiger partial charge in [-0.05, 0) is 89.5 Å². The molecule has 8 heteroatoms. The zero-order valence-electron chi connectivity index (χ0n) is 21.4. The third-order valence-electron chi connectivity index (χ3n) is 7.40. The second-order valence-corrected chi connectivity index (χ2v) is 11.6. The van der Waals surface area contributed by atoms with Crippen molar-refractivity contribution >= 4 is 22.3 Å². The first-order valence-electron chi connectivity index (χ1n) is 13.1. The lowest BCUT2D eigenvalue weighted by Gasteiger charge is -2.31. The predicted molar refractivity (Wildman–Crippen MR) is 141 cm³/mol. The Labute approximate surface area is 217 Å². The van der Waals surface area contributed by atoms with Gasteiger partial charge in [0.25, 0.3) is 0 Å². The Hall–Kier alpha value is -2.44. The number of ether oxygens (including phenoxy) is 2. The molecular formula is C28H36N4O3S. The fourth-order valence-electron chi connectivity index (χ4n) is 5.31. The number of nitriles is 1. The van der Waals surface area contributed by atoms with Gasteiger partial charge < -0.3 is 18.9 Å². The molecule has 2 aromatic heterocycles. The molecule has 0 amide bonds. The van der Waals surface area contributed by atoms with Crippen molar-refractivity contribution in [1.29, 1.82) is 5.26 Å². The molecule has 1 atom stereocenters. The summed E-state index contributed by atoms with van der Waals surface area (Å²) in [5, 5.41) is 14.7. The summed E-state index contributed by atoms with van der Waals surface area (Å²) in [5.74, 6) is 2.07. The van der Waals surface area contributed by atoms with Crippen LogP contribution < -0.4 is 4.74 Å². The van der Waals surface area contributed by atoms with Gasteiger partial charge in [0.2, 0.25) is 0 Å². The third kappa shape index (κ3) is 6.09. The second-order valence-electron chi connectivity index (χ2n) is 10.5. The number of thiophene rings is 1. The number of aryl methyl sites for hydroxylation is 1. The van der Waals surface area contributed by atoms with E-state index < -0.39 is 0 Å². The number of piperidine rings is 1. The standard InChI is InChI=1S/C28H36N4O3S/c1-31(2)17-25-27(34-19-21-11-14-33-18-21)8-6-24-26(30-35-28(24)25)7-3-20-9-12-32(13-10-20)16-23-5-4-22(15-29)36-23/h4-6,8,20-21H,3,7,9-14,16-19H2,1-2H3. The molecule has 0 spiro atoms. The summed E-state index contributed by atoms with van der Waals surface area (Å²) in [6.07, 6.45) is 5.56. The van der Waals surface area contributed by atoms with Gasteiger partial charge >= 0.3 is 0 Å². The SMILES string of the molecule is CN(C)Cc1c(OCC2CCOC2)ccc2c(CCC3CCN(Cc4ccc(C#N)s4)CC3)noc12. The number of benzene rings is 1. The third-order valence-corrected chi connectivity index (χ3v) is 8.37. The second kappa shape index (κ2) is 11.7. The van der Waals surface area contributed by atoms with Crippen LogP contribution >= 0.6 is 11.3 Å². The molecule has 192 valence electrons. The van der Waals surface area contributed by atoms with Gasteiger partial charge in [0.15, 0.2) is 5.58 Å². The Morgan fingerprint density at radius 1 is 1.17 bits per heavy atom. The highest BCUT2D eigenvalue weighted by Crippen LogP contribution is 2.33. The lowest BCUT2D eigenvalue weighted by atomic mass is 9.91. The summed E-state index contributed by atoms with van der Waals surface area (Å²) in [4.78, 5) is 6.75. The zero-order chi connectivity index (χ0) is 24.9. The van der Waals surface area contributed by atoms with Crippen LogP contribution in [0.3, 0.4) is 0 Å². The van der Waals surface area contributed by atoms with E-state index >= 15 is 0 Å². The number of hydrogen-bond acceptors (Lipinski definition) is 8. The van der Waals surface area contributed by atoms with Crippen LogP contribution in [0.15, 0.2) is 28.8 Å². The van der Waals surface area contributed by atoms with Crippen molar-refractivity contribution < 1.29 is 14.0 Å². The fraction of sp³-hybridized carbons (Fsp3) is 0.571. The molecule has 7 nitrogen and oxygen atoms in total. The predicted octanol–water partition coefficient (Wildman–Crippen LogP) is 5.08. The molecule has 2 aliphatic rings. The fourth-order valence-corrected chi connectivity index (χ4v) is 6.16. The van der Waals surface area contributed by atoms with E-state index in [1.165, 1.54) is 17.7 Å². The summed E-state index contributed by atoms with van der Waals surface area (Å²) >= 11 is 1.61. The molecule has 36 heavy (non-hydrogen) atoms. The molecule has 0 saturated carbocycles. The number of hydrogen-bond donors (Lipinski definition) is 0. The van der Waals surface area contributed by atoms with Gasteiger partial charge in [-0.25, -0.2) is 0 Å². The van der Waals surface area contributed by atoms with E-state index in [2.05, 4.69) is 53.3 Å². The largest absolute Gasteiger partial charge is 0.493 e. The van der Waals surface area contributed by atoms with Crippen LogP contribution in [0.1, 0.15) is 46.7 Å². The van der Waals surface area contributed by atoms with E-state index in [-0.39, 0.29) is 0 Å². The van der Waals surface area contributed by atoms with Crippen LogP contribution in [0.5, 0.6) is 5.75 Å². The highest BCUT2D eigenvalue weighted by molar-refractivity contribution is 7.12. The van der Waals surface area contributed by atoms with Crippen molar-refractivity contribution in [3.05, 3.63) is 45.3 Å². The Morgan fingerprint density at radius 3 is 2.75 bits per heavy atom. The molecule has 0 aliphatic carbocycles. The van der Waals surface area contributed by atoms with Crippen LogP contribution in [0, 0.1) is 23.2 Å². The van der Waals surface area contributed by atoms with Gasteiger partial charge in [-0.15, -0.1) is 11.3 Å². The molecular weight excluding hydrogens is 472 g/mol. The van der Waals surface area contributed by atoms with Crippen LogP contribution in [0.4, 0.5) is 0 Å². The summed E-state index contributed by atoms with van der Waals surface area (Å²) in [6.45, 7) is 6.23. The maximum Gasteiger partial charge on any atom is 0.175 e. The van der Waals surface area contributed by atoms with Gasteiger partial charge in [0, 0.05) is 35.9 Å². The van der Waals surface area contributed by atoms with Crippen LogP contribution in [-0.2, 0) is 24.2 Å². The molecule has 0 bridgehead atoms. The van der Waals surface area contributed by atoms with Crippen LogP contribution in [0.25, 0.3) is 11.0 Å². The molecule has 2 fully saturated rings. The maximum atomic E-state index is 9.05. The first-order valence-corrected chi connectivity index (χ1v) is 13.9. The van der Waals surface area contributed by atoms with Crippen LogP contribution in [-0.4, -0.2) is 62.0 Å². The molecule has 4 heterocycles. The quantitative estimate of drug-likeness (QED) is 0.378. The van der Waals surface area contributed by atoms with Gasteiger partial charge in [-0.1, -0.05) is 5.16 Å². The molecule has 2 saturated heterocycles. The summed E-state index contributed by atoms with van der Waals surface area (Å²) in [7, 11) is 4.13. The van der Waals surface area contributed by atoms with Crippen molar-refractivity contribution in [2.75, 3.05) is 47.0 Å². The summed E-state index contributed by atoms with van der Waals surface area (Å²) in [5.41, 5.74) is 3.00. The molecule has 5 rings (SSSR count). The molecule has 3 aromatic rings. The van der Waals surface area contributed by atoms with Crippen molar-refractivity contribution in [3.8, 4) is 11.8 Å². The van der Waals surface area contributed by atoms with E-state index in [1.54, 1.807) is 11.3 Å². The Kier molecular flexibility index (Phi) is 8.22. The highest BCUT2D eigenvalue weighted by atomic mass is 32.1. The topological polar surface area (TPSA) is 74.8 Å². The number of aromatic nitrogens is 1. The Bertz CT molecular complexity index is 1180. The minimum absolute atomic E-state index is 0.463.